The van der Waals surface area contributed by atoms with E-state index >= 15 is 0 Å². The summed E-state index contributed by atoms with van der Waals surface area (Å²) in [5.41, 5.74) is 1.15. The Balaban J connectivity index is 2.62. The molecule has 0 unspecified atom stereocenters. The molecule has 0 radical (unpaired) electrons. The molecule has 2 amide bonds. The Morgan fingerprint density at radius 3 is 2.59 bits per heavy atom. The molecular weight excluding hydrogens is 503 g/mol. The van der Waals surface area contributed by atoms with E-state index in [1.165, 1.54) is 24.2 Å². The zero-order chi connectivity index (χ0) is 29.4. The highest BCUT2D eigenvalue weighted by Gasteiger charge is 2.20. The topological polar surface area (TPSA) is 143 Å². The number of hydrogen-bond donors (Lipinski definition) is 5. The fourth-order valence-corrected chi connectivity index (χ4v) is 3.04. The summed E-state index contributed by atoms with van der Waals surface area (Å²) < 4.78 is 18.7. The highest BCUT2D eigenvalue weighted by atomic mass is 19.1. The maximum absolute atomic E-state index is 13.5. The van der Waals surface area contributed by atoms with E-state index < -0.39 is 17.7 Å². The van der Waals surface area contributed by atoms with Crippen molar-refractivity contribution in [2.24, 2.45) is 9.98 Å². The van der Waals surface area contributed by atoms with Gasteiger partial charge in [0.1, 0.15) is 24.7 Å². The van der Waals surface area contributed by atoms with Crippen LogP contribution >= 0.6 is 0 Å². The van der Waals surface area contributed by atoms with Gasteiger partial charge in [-0.25, -0.2) is 9.79 Å². The van der Waals surface area contributed by atoms with Crippen molar-refractivity contribution in [3.05, 3.63) is 35.5 Å². The number of halogens is 1. The molecule has 0 saturated carbocycles. The lowest BCUT2D eigenvalue weighted by molar-refractivity contribution is -0.122. The van der Waals surface area contributed by atoms with Crippen LogP contribution in [0.4, 0.5) is 20.6 Å². The molecule has 0 aromatic heterocycles. The van der Waals surface area contributed by atoms with Crippen LogP contribution in [0, 0.1) is 17.3 Å². The van der Waals surface area contributed by atoms with Crippen LogP contribution in [0.1, 0.15) is 39.2 Å². The summed E-state index contributed by atoms with van der Waals surface area (Å²) >= 11 is 0. The van der Waals surface area contributed by atoms with Gasteiger partial charge in [0, 0.05) is 51.7 Å². The van der Waals surface area contributed by atoms with Crippen molar-refractivity contribution in [1.29, 1.82) is 5.41 Å². The van der Waals surface area contributed by atoms with Crippen molar-refractivity contribution in [2.45, 2.75) is 39.2 Å². The van der Waals surface area contributed by atoms with Gasteiger partial charge in [0.15, 0.2) is 0 Å². The van der Waals surface area contributed by atoms with Gasteiger partial charge in [-0.2, -0.15) is 4.39 Å². The van der Waals surface area contributed by atoms with E-state index in [-0.39, 0.29) is 24.7 Å². The van der Waals surface area contributed by atoms with Crippen molar-refractivity contribution < 1.29 is 18.7 Å². The number of benzene rings is 1. The monoisotopic (exact) mass is 542 g/mol. The molecule has 0 aliphatic heterocycles. The van der Waals surface area contributed by atoms with Crippen LogP contribution in [0.25, 0.3) is 0 Å². The molecule has 0 aliphatic carbocycles. The van der Waals surface area contributed by atoms with E-state index in [1.807, 2.05) is 0 Å². The SMILES string of the molecule is C=N/C=C(C#CCCCNC(=O)CN(C)C(=O)OC(C)(C)C)\C(=N/CNc1ccc(NC)c(C(=N)F)c1)NC. The molecule has 0 atom stereocenters. The number of nitrogens with one attached hydrogen (secondary N) is 5. The minimum Gasteiger partial charge on any atom is -0.444 e. The normalized spacial score (nSPS) is 11.5. The summed E-state index contributed by atoms with van der Waals surface area (Å²) in [6.07, 6.45) is 2.03. The Labute approximate surface area is 229 Å². The molecule has 212 valence electrons. The molecule has 0 heterocycles. The lowest BCUT2D eigenvalue weighted by atomic mass is 10.1. The zero-order valence-electron chi connectivity index (χ0n) is 23.5. The third kappa shape index (κ3) is 12.6. The average molecular weight is 543 g/mol. The number of unbranched alkanes of at least 4 members (excludes halogenated alkanes) is 1. The van der Waals surface area contributed by atoms with Gasteiger partial charge in [0.05, 0.1) is 11.1 Å². The lowest BCUT2D eigenvalue weighted by Crippen LogP contribution is -2.41. The molecule has 0 saturated heterocycles. The van der Waals surface area contributed by atoms with Crippen LogP contribution in [0.15, 0.2) is 40.0 Å². The Bertz CT molecular complexity index is 1150. The average Bonchev–Trinajstić information content (AvgIpc) is 2.86. The van der Waals surface area contributed by atoms with E-state index in [2.05, 4.69) is 49.8 Å². The van der Waals surface area contributed by atoms with Crippen molar-refractivity contribution in [3.8, 4) is 11.8 Å². The second-order valence-corrected chi connectivity index (χ2v) is 9.23. The standard InChI is InChI=1S/C27H39FN8O3/c1-27(2,3)39-26(38)36(7)17-23(37)33-14-10-8-9-11-19(16-30-4)25(32-6)35-18-34-20-12-13-22(31-5)21(15-20)24(28)29/h12-13,15-16,29,31,34H,4,8,10,14,17-18H2,1-3,5-7H3,(H,32,35)(H,33,37)/b19-16-,29-24?. The molecule has 0 aliphatic rings. The Morgan fingerprint density at radius 2 is 2.00 bits per heavy atom. The maximum Gasteiger partial charge on any atom is 0.410 e. The van der Waals surface area contributed by atoms with Gasteiger partial charge in [0.2, 0.25) is 11.9 Å². The van der Waals surface area contributed by atoms with E-state index in [4.69, 9.17) is 10.1 Å². The van der Waals surface area contributed by atoms with Gasteiger partial charge in [-0.05, 0) is 52.1 Å². The second kappa shape index (κ2) is 16.4. The first-order chi connectivity index (χ1) is 18.4. The summed E-state index contributed by atoms with van der Waals surface area (Å²) in [7, 11) is 4.86. The highest BCUT2D eigenvalue weighted by molar-refractivity contribution is 6.02. The molecular formula is C27H39FN8O3. The Kier molecular flexibility index (Phi) is 13.8. The molecule has 1 aromatic carbocycles. The summed E-state index contributed by atoms with van der Waals surface area (Å²) in [5, 5.41) is 18.9. The van der Waals surface area contributed by atoms with Gasteiger partial charge in [0.25, 0.3) is 0 Å². The molecule has 0 fully saturated rings. The minimum atomic E-state index is -1.03. The van der Waals surface area contributed by atoms with Crippen LogP contribution in [0.2, 0.25) is 0 Å². The number of ether oxygens (including phenoxy) is 1. The van der Waals surface area contributed by atoms with Crippen molar-refractivity contribution in [3.63, 3.8) is 0 Å². The minimum absolute atomic E-state index is 0.105. The summed E-state index contributed by atoms with van der Waals surface area (Å²) in [5.74, 6) is 5.19. The van der Waals surface area contributed by atoms with Gasteiger partial charge >= 0.3 is 6.09 Å². The second-order valence-electron chi connectivity index (χ2n) is 9.23. The van der Waals surface area contributed by atoms with Gasteiger partial charge in [-0.1, -0.05) is 11.8 Å². The van der Waals surface area contributed by atoms with Crippen molar-refractivity contribution >= 4 is 41.9 Å². The number of amides is 2. The number of carbonyl (C=O) groups is 2. The number of carbonyl (C=O) groups excluding carboxylic acids is 2. The predicted molar refractivity (Wildman–Crippen MR) is 155 cm³/mol. The molecule has 5 N–H and O–H groups in total. The molecule has 0 bridgehead atoms. The fraction of sp³-hybridized carbons (Fsp3) is 0.444. The van der Waals surface area contributed by atoms with Crippen LogP contribution in [-0.4, -0.2) is 81.9 Å². The molecule has 1 aromatic rings. The van der Waals surface area contributed by atoms with Gasteiger partial charge < -0.3 is 30.9 Å². The number of rotatable bonds is 12. The smallest absolute Gasteiger partial charge is 0.410 e. The van der Waals surface area contributed by atoms with Crippen LogP contribution in [-0.2, 0) is 9.53 Å². The first-order valence-electron chi connectivity index (χ1n) is 12.3. The summed E-state index contributed by atoms with van der Waals surface area (Å²) in [6.45, 7) is 9.22. The largest absolute Gasteiger partial charge is 0.444 e. The highest BCUT2D eigenvalue weighted by Crippen LogP contribution is 2.21. The maximum atomic E-state index is 13.5. The first-order valence-corrected chi connectivity index (χ1v) is 12.3. The van der Waals surface area contributed by atoms with Crippen LogP contribution in [0.5, 0.6) is 0 Å². The fourth-order valence-electron chi connectivity index (χ4n) is 3.04. The van der Waals surface area contributed by atoms with Crippen LogP contribution in [0.3, 0.4) is 0 Å². The molecule has 1 rings (SSSR count). The number of anilines is 2. The third-order valence-electron chi connectivity index (χ3n) is 4.87. The predicted octanol–water partition coefficient (Wildman–Crippen LogP) is 3.36. The summed E-state index contributed by atoms with van der Waals surface area (Å²) in [4.78, 5) is 33.5. The number of likely N-dealkylation sites (N-methyl/N-ethyl adjacent to an activating group) is 2. The zero-order valence-corrected chi connectivity index (χ0v) is 23.5. The quantitative estimate of drug-likeness (QED) is 0.119. The molecule has 12 heteroatoms. The van der Waals surface area contributed by atoms with Crippen molar-refractivity contribution in [1.82, 2.24) is 15.5 Å². The lowest BCUT2D eigenvalue weighted by Gasteiger charge is -2.24. The Hall–Kier alpha value is -4.40. The first kappa shape index (κ1) is 32.6. The number of amidine groups is 1. The molecule has 39 heavy (non-hydrogen) atoms. The number of aliphatic imine (C=N–C) groups is 2. The van der Waals surface area contributed by atoms with E-state index in [9.17, 15) is 14.0 Å². The molecule has 0 spiro atoms. The Morgan fingerprint density at radius 1 is 1.28 bits per heavy atom. The van der Waals surface area contributed by atoms with E-state index in [0.717, 1.165) is 0 Å². The number of hydrogen-bond acceptors (Lipinski definition) is 8. The van der Waals surface area contributed by atoms with E-state index in [0.29, 0.717) is 42.2 Å². The summed E-state index contributed by atoms with van der Waals surface area (Å²) in [6, 6.07) is 4.95. The van der Waals surface area contributed by atoms with Crippen LogP contribution < -0.4 is 21.3 Å². The molecule has 11 nitrogen and oxygen atoms in total. The number of nitrogens with zero attached hydrogens (tertiary/aromatic N) is 3. The van der Waals surface area contributed by atoms with E-state index in [1.54, 1.807) is 47.0 Å². The van der Waals surface area contributed by atoms with Gasteiger partial charge in [-0.3, -0.25) is 15.2 Å². The van der Waals surface area contributed by atoms with Gasteiger partial charge in [-0.15, -0.1) is 0 Å². The third-order valence-corrected chi connectivity index (χ3v) is 4.87. The van der Waals surface area contributed by atoms with Crippen molar-refractivity contribution in [2.75, 3.05) is 51.5 Å².